The third-order valence-corrected chi connectivity index (χ3v) is 3.51. The Kier molecular flexibility index (Phi) is 8.31. The van der Waals surface area contributed by atoms with Crippen LogP contribution in [0.5, 0.6) is 0 Å². The Morgan fingerprint density at radius 1 is 1.24 bits per heavy atom. The monoisotopic (exact) mass is 292 g/mol. The van der Waals surface area contributed by atoms with Crippen LogP contribution in [-0.4, -0.2) is 50.2 Å². The molecule has 0 saturated carbocycles. The van der Waals surface area contributed by atoms with Gasteiger partial charge in [0.1, 0.15) is 0 Å². The van der Waals surface area contributed by atoms with Crippen LogP contribution >= 0.6 is 0 Å². The predicted molar refractivity (Wildman–Crippen MR) is 91.8 cm³/mol. The standard InChI is InChI=1S/C17H32N4/c1-6-21(11-7-10-20(4)5)17-14-18-9-8-16(17)13-19-12-15(2)3/h8-9,14-15,19H,6-7,10-13H2,1-5H3. The van der Waals surface area contributed by atoms with E-state index < -0.39 is 0 Å². The van der Waals surface area contributed by atoms with Crippen molar-refractivity contribution in [3.8, 4) is 0 Å². The molecule has 1 aromatic heterocycles. The average molecular weight is 292 g/mol. The SMILES string of the molecule is CCN(CCCN(C)C)c1cnccc1CNCC(C)C. The van der Waals surface area contributed by atoms with Crippen LogP contribution in [-0.2, 0) is 6.54 Å². The van der Waals surface area contributed by atoms with Gasteiger partial charge in [0.25, 0.3) is 0 Å². The molecule has 0 radical (unpaired) electrons. The molecule has 0 aromatic carbocycles. The van der Waals surface area contributed by atoms with Gasteiger partial charge in [0.05, 0.1) is 11.9 Å². The van der Waals surface area contributed by atoms with Crippen LogP contribution in [0.15, 0.2) is 18.5 Å². The molecule has 4 nitrogen and oxygen atoms in total. The Hall–Kier alpha value is -1.13. The average Bonchev–Trinajstić information content (AvgIpc) is 2.44. The van der Waals surface area contributed by atoms with E-state index in [1.165, 1.54) is 17.7 Å². The molecule has 1 aromatic rings. The Labute approximate surface area is 130 Å². The summed E-state index contributed by atoms with van der Waals surface area (Å²) in [6.07, 6.45) is 5.07. The second kappa shape index (κ2) is 9.74. The molecule has 120 valence electrons. The first-order valence-corrected chi connectivity index (χ1v) is 8.07. The van der Waals surface area contributed by atoms with Crippen molar-refractivity contribution < 1.29 is 0 Å². The molecule has 0 spiro atoms. The van der Waals surface area contributed by atoms with E-state index >= 15 is 0 Å². The number of rotatable bonds is 10. The highest BCUT2D eigenvalue weighted by Gasteiger charge is 2.10. The van der Waals surface area contributed by atoms with Crippen LogP contribution < -0.4 is 10.2 Å². The molecule has 0 aliphatic heterocycles. The van der Waals surface area contributed by atoms with E-state index in [2.05, 4.69) is 61.0 Å². The van der Waals surface area contributed by atoms with E-state index in [1.807, 2.05) is 12.4 Å². The molecule has 1 heterocycles. The van der Waals surface area contributed by atoms with E-state index in [4.69, 9.17) is 0 Å². The minimum atomic E-state index is 0.678. The second-order valence-electron chi connectivity index (χ2n) is 6.27. The largest absolute Gasteiger partial charge is 0.370 e. The maximum Gasteiger partial charge on any atom is 0.0598 e. The quantitative estimate of drug-likeness (QED) is 0.718. The lowest BCUT2D eigenvalue weighted by Crippen LogP contribution is -2.29. The fourth-order valence-corrected chi connectivity index (χ4v) is 2.37. The summed E-state index contributed by atoms with van der Waals surface area (Å²) in [5, 5.41) is 3.53. The van der Waals surface area contributed by atoms with Crippen LogP contribution in [0.2, 0.25) is 0 Å². The van der Waals surface area contributed by atoms with Crippen molar-refractivity contribution in [2.24, 2.45) is 5.92 Å². The minimum absolute atomic E-state index is 0.678. The summed E-state index contributed by atoms with van der Waals surface area (Å²) in [4.78, 5) is 8.99. The summed E-state index contributed by atoms with van der Waals surface area (Å²) in [5.74, 6) is 0.678. The Balaban J connectivity index is 2.65. The van der Waals surface area contributed by atoms with Crippen LogP contribution in [0.25, 0.3) is 0 Å². The van der Waals surface area contributed by atoms with Gasteiger partial charge in [-0.3, -0.25) is 4.98 Å². The van der Waals surface area contributed by atoms with Gasteiger partial charge in [-0.15, -0.1) is 0 Å². The zero-order chi connectivity index (χ0) is 15.7. The van der Waals surface area contributed by atoms with Gasteiger partial charge in [0.2, 0.25) is 0 Å². The van der Waals surface area contributed by atoms with Crippen molar-refractivity contribution in [2.75, 3.05) is 45.2 Å². The number of anilines is 1. The topological polar surface area (TPSA) is 31.4 Å². The van der Waals surface area contributed by atoms with Gasteiger partial charge in [-0.2, -0.15) is 0 Å². The highest BCUT2D eigenvalue weighted by Crippen LogP contribution is 2.19. The lowest BCUT2D eigenvalue weighted by Gasteiger charge is -2.26. The van der Waals surface area contributed by atoms with Gasteiger partial charge in [-0.05, 0) is 58.1 Å². The molecule has 21 heavy (non-hydrogen) atoms. The molecule has 0 aliphatic rings. The molecule has 1 N–H and O–H groups in total. The molecular weight excluding hydrogens is 260 g/mol. The van der Waals surface area contributed by atoms with E-state index in [1.54, 1.807) is 0 Å². The highest BCUT2D eigenvalue weighted by atomic mass is 15.1. The van der Waals surface area contributed by atoms with E-state index in [9.17, 15) is 0 Å². The van der Waals surface area contributed by atoms with Gasteiger partial charge < -0.3 is 15.1 Å². The van der Waals surface area contributed by atoms with E-state index in [-0.39, 0.29) is 0 Å². The fraction of sp³-hybridized carbons (Fsp3) is 0.706. The summed E-state index contributed by atoms with van der Waals surface area (Å²) in [6, 6.07) is 2.14. The van der Waals surface area contributed by atoms with Crippen LogP contribution in [0.1, 0.15) is 32.8 Å². The summed E-state index contributed by atoms with van der Waals surface area (Å²) < 4.78 is 0. The predicted octanol–water partition coefficient (Wildman–Crippen LogP) is 2.61. The van der Waals surface area contributed by atoms with Crippen LogP contribution in [0.4, 0.5) is 5.69 Å². The zero-order valence-corrected chi connectivity index (χ0v) is 14.4. The van der Waals surface area contributed by atoms with Gasteiger partial charge in [-0.25, -0.2) is 0 Å². The van der Waals surface area contributed by atoms with Gasteiger partial charge >= 0.3 is 0 Å². The van der Waals surface area contributed by atoms with Crippen molar-refractivity contribution in [2.45, 2.75) is 33.7 Å². The van der Waals surface area contributed by atoms with Gasteiger partial charge in [0, 0.05) is 25.8 Å². The van der Waals surface area contributed by atoms with Gasteiger partial charge in [-0.1, -0.05) is 13.8 Å². The molecule has 1 rings (SSSR count). The summed E-state index contributed by atoms with van der Waals surface area (Å²) in [7, 11) is 4.25. The van der Waals surface area contributed by atoms with Crippen molar-refractivity contribution in [3.05, 3.63) is 24.0 Å². The first kappa shape index (κ1) is 17.9. The van der Waals surface area contributed by atoms with Crippen LogP contribution in [0, 0.1) is 5.92 Å². The first-order valence-electron chi connectivity index (χ1n) is 8.07. The molecular formula is C17H32N4. The molecule has 0 amide bonds. The number of pyridine rings is 1. The summed E-state index contributed by atoms with van der Waals surface area (Å²) >= 11 is 0. The first-order chi connectivity index (χ1) is 10.0. The van der Waals surface area contributed by atoms with Crippen molar-refractivity contribution in [1.29, 1.82) is 0 Å². The van der Waals surface area contributed by atoms with Gasteiger partial charge in [0.15, 0.2) is 0 Å². The zero-order valence-electron chi connectivity index (χ0n) is 14.4. The molecule has 0 fully saturated rings. The summed E-state index contributed by atoms with van der Waals surface area (Å²) in [5.41, 5.74) is 2.62. The molecule has 0 atom stereocenters. The molecule has 0 saturated heterocycles. The summed E-state index contributed by atoms with van der Waals surface area (Å²) in [6.45, 7) is 11.9. The molecule has 0 bridgehead atoms. The Bertz CT molecular complexity index is 390. The maximum absolute atomic E-state index is 4.32. The van der Waals surface area contributed by atoms with Crippen LogP contribution in [0.3, 0.4) is 0 Å². The molecule has 0 aliphatic carbocycles. The Morgan fingerprint density at radius 3 is 2.62 bits per heavy atom. The lowest BCUT2D eigenvalue weighted by molar-refractivity contribution is 0.400. The van der Waals surface area contributed by atoms with Crippen molar-refractivity contribution in [1.82, 2.24) is 15.2 Å². The number of hydrogen-bond acceptors (Lipinski definition) is 4. The maximum atomic E-state index is 4.32. The third kappa shape index (κ3) is 6.91. The minimum Gasteiger partial charge on any atom is -0.370 e. The third-order valence-electron chi connectivity index (χ3n) is 3.51. The normalized spacial score (nSPS) is 11.4. The number of nitrogens with one attached hydrogen (secondary N) is 1. The smallest absolute Gasteiger partial charge is 0.0598 e. The Morgan fingerprint density at radius 2 is 2.00 bits per heavy atom. The van der Waals surface area contributed by atoms with Crippen molar-refractivity contribution >= 4 is 5.69 Å². The lowest BCUT2D eigenvalue weighted by atomic mass is 10.1. The number of aromatic nitrogens is 1. The molecule has 0 unspecified atom stereocenters. The van der Waals surface area contributed by atoms with E-state index in [0.717, 1.165) is 32.7 Å². The fourth-order valence-electron chi connectivity index (χ4n) is 2.37. The number of hydrogen-bond donors (Lipinski definition) is 1. The van der Waals surface area contributed by atoms with E-state index in [0.29, 0.717) is 5.92 Å². The number of nitrogens with zero attached hydrogens (tertiary/aromatic N) is 3. The second-order valence-corrected chi connectivity index (χ2v) is 6.27. The molecule has 4 heteroatoms. The highest BCUT2D eigenvalue weighted by molar-refractivity contribution is 5.51. The van der Waals surface area contributed by atoms with Crippen molar-refractivity contribution in [3.63, 3.8) is 0 Å².